The van der Waals surface area contributed by atoms with Crippen LogP contribution >= 0.6 is 0 Å². The number of rotatable bonds is 7. The molecular formula is C18H28N2O3S. The van der Waals surface area contributed by atoms with Crippen molar-refractivity contribution in [1.29, 1.82) is 0 Å². The van der Waals surface area contributed by atoms with Crippen LogP contribution in [0.3, 0.4) is 0 Å². The van der Waals surface area contributed by atoms with Gasteiger partial charge in [0.05, 0.1) is 5.75 Å². The van der Waals surface area contributed by atoms with Crippen molar-refractivity contribution >= 4 is 21.6 Å². The van der Waals surface area contributed by atoms with Crippen molar-refractivity contribution in [2.24, 2.45) is 0 Å². The van der Waals surface area contributed by atoms with E-state index in [9.17, 15) is 13.2 Å². The van der Waals surface area contributed by atoms with Gasteiger partial charge in [0, 0.05) is 25.2 Å². The summed E-state index contributed by atoms with van der Waals surface area (Å²) in [5, 5.41) is 2.89. The summed E-state index contributed by atoms with van der Waals surface area (Å²) in [6.45, 7) is 5.29. The maximum absolute atomic E-state index is 12.2. The molecule has 5 nitrogen and oxygen atoms in total. The maximum Gasteiger partial charge on any atom is 0.224 e. The Labute approximate surface area is 145 Å². The Morgan fingerprint density at radius 1 is 1.04 bits per heavy atom. The number of nitrogens with one attached hydrogen (secondary N) is 1. The predicted molar refractivity (Wildman–Crippen MR) is 97.6 cm³/mol. The molecule has 0 spiro atoms. The van der Waals surface area contributed by atoms with Crippen LogP contribution in [0.4, 0.5) is 5.69 Å². The van der Waals surface area contributed by atoms with Crippen molar-refractivity contribution in [3.63, 3.8) is 0 Å². The number of carbonyl (C=O) groups is 1. The number of piperidine rings is 1. The molecule has 1 fully saturated rings. The van der Waals surface area contributed by atoms with Crippen LogP contribution in [0, 0.1) is 13.8 Å². The van der Waals surface area contributed by atoms with Crippen molar-refractivity contribution in [3.05, 3.63) is 29.3 Å². The Morgan fingerprint density at radius 2 is 1.67 bits per heavy atom. The molecule has 0 radical (unpaired) electrons. The van der Waals surface area contributed by atoms with Gasteiger partial charge in [-0.3, -0.25) is 4.79 Å². The molecule has 1 aromatic carbocycles. The molecular weight excluding hydrogens is 324 g/mol. The van der Waals surface area contributed by atoms with E-state index in [1.165, 1.54) is 0 Å². The highest BCUT2D eigenvalue weighted by molar-refractivity contribution is 7.89. The lowest BCUT2D eigenvalue weighted by Crippen LogP contribution is -2.37. The van der Waals surface area contributed by atoms with Crippen molar-refractivity contribution in [1.82, 2.24) is 4.31 Å². The number of carbonyl (C=O) groups excluding carboxylic acids is 1. The van der Waals surface area contributed by atoms with Gasteiger partial charge in [0.25, 0.3) is 0 Å². The highest BCUT2D eigenvalue weighted by Gasteiger charge is 2.23. The molecule has 1 heterocycles. The van der Waals surface area contributed by atoms with E-state index in [1.54, 1.807) is 4.31 Å². The third-order valence-corrected chi connectivity index (χ3v) is 6.23. The Bertz CT molecular complexity index is 645. The Morgan fingerprint density at radius 3 is 2.29 bits per heavy atom. The van der Waals surface area contributed by atoms with E-state index in [0.29, 0.717) is 32.4 Å². The lowest BCUT2D eigenvalue weighted by atomic mass is 10.1. The summed E-state index contributed by atoms with van der Waals surface area (Å²) in [5.41, 5.74) is 3.02. The van der Waals surface area contributed by atoms with E-state index in [-0.39, 0.29) is 11.7 Å². The van der Waals surface area contributed by atoms with Gasteiger partial charge in [-0.05, 0) is 62.8 Å². The molecule has 1 amide bonds. The predicted octanol–water partition coefficient (Wildman–Crippen LogP) is 3.23. The number of unbranched alkanes of at least 4 members (excludes halogenated alkanes) is 1. The zero-order valence-electron chi connectivity index (χ0n) is 14.7. The molecule has 24 heavy (non-hydrogen) atoms. The van der Waals surface area contributed by atoms with Crippen LogP contribution < -0.4 is 5.32 Å². The van der Waals surface area contributed by atoms with E-state index >= 15 is 0 Å². The van der Waals surface area contributed by atoms with Crippen LogP contribution in [-0.2, 0) is 14.8 Å². The minimum atomic E-state index is -3.15. The molecule has 0 unspecified atom stereocenters. The Kier molecular flexibility index (Phi) is 6.80. The van der Waals surface area contributed by atoms with Gasteiger partial charge in [-0.1, -0.05) is 12.5 Å². The van der Waals surface area contributed by atoms with Crippen molar-refractivity contribution in [2.45, 2.75) is 52.4 Å². The minimum Gasteiger partial charge on any atom is -0.326 e. The van der Waals surface area contributed by atoms with Gasteiger partial charge in [-0.15, -0.1) is 0 Å². The van der Waals surface area contributed by atoms with Gasteiger partial charge in [-0.25, -0.2) is 12.7 Å². The van der Waals surface area contributed by atoms with Gasteiger partial charge < -0.3 is 5.32 Å². The molecule has 1 aliphatic heterocycles. The van der Waals surface area contributed by atoms with Gasteiger partial charge >= 0.3 is 0 Å². The minimum absolute atomic E-state index is 0.0598. The summed E-state index contributed by atoms with van der Waals surface area (Å²) >= 11 is 0. The van der Waals surface area contributed by atoms with Crippen LogP contribution in [0.1, 0.15) is 49.7 Å². The van der Waals surface area contributed by atoms with Crippen LogP contribution in [0.15, 0.2) is 18.2 Å². The molecule has 1 aliphatic rings. The summed E-state index contributed by atoms with van der Waals surface area (Å²) in [5.74, 6) is 0.0828. The van der Waals surface area contributed by atoms with Crippen molar-refractivity contribution < 1.29 is 13.2 Å². The normalized spacial score (nSPS) is 16.1. The molecule has 1 aromatic rings. The quantitative estimate of drug-likeness (QED) is 0.766. The van der Waals surface area contributed by atoms with Crippen LogP contribution in [0.2, 0.25) is 0 Å². The summed E-state index contributed by atoms with van der Waals surface area (Å²) in [6.07, 6.45) is 4.49. The first-order valence-corrected chi connectivity index (χ1v) is 10.3. The summed E-state index contributed by atoms with van der Waals surface area (Å²) in [7, 11) is -3.15. The average Bonchev–Trinajstić information content (AvgIpc) is 2.51. The van der Waals surface area contributed by atoms with E-state index in [2.05, 4.69) is 11.4 Å². The first-order chi connectivity index (χ1) is 11.4. The van der Waals surface area contributed by atoms with E-state index in [4.69, 9.17) is 0 Å². The summed E-state index contributed by atoms with van der Waals surface area (Å²) < 4.78 is 26.0. The highest BCUT2D eigenvalue weighted by Crippen LogP contribution is 2.16. The molecule has 6 heteroatoms. The zero-order valence-corrected chi connectivity index (χ0v) is 15.5. The first kappa shape index (κ1) is 18.9. The number of anilines is 1. The number of hydrogen-bond acceptors (Lipinski definition) is 3. The fourth-order valence-electron chi connectivity index (χ4n) is 3.11. The summed E-state index contributed by atoms with van der Waals surface area (Å²) in [4.78, 5) is 12.0. The SMILES string of the molecule is Cc1cc(C)cc(NC(=O)CCCCS(=O)(=O)N2CCCCC2)c1. The molecule has 134 valence electrons. The van der Waals surface area contributed by atoms with Crippen molar-refractivity contribution in [2.75, 3.05) is 24.2 Å². The Balaban J connectivity index is 1.72. The number of benzene rings is 1. The lowest BCUT2D eigenvalue weighted by Gasteiger charge is -2.25. The smallest absolute Gasteiger partial charge is 0.224 e. The van der Waals surface area contributed by atoms with Crippen LogP contribution in [0.5, 0.6) is 0 Å². The Hall–Kier alpha value is -1.40. The molecule has 0 saturated carbocycles. The maximum atomic E-state index is 12.2. The second-order valence-electron chi connectivity index (χ2n) is 6.66. The topological polar surface area (TPSA) is 66.5 Å². The third kappa shape index (κ3) is 5.91. The number of aryl methyl sites for hydroxylation is 2. The van der Waals surface area contributed by atoms with E-state index in [0.717, 1.165) is 36.1 Å². The number of nitrogens with zero attached hydrogens (tertiary/aromatic N) is 1. The molecule has 0 aromatic heterocycles. The van der Waals surface area contributed by atoms with Crippen LogP contribution in [-0.4, -0.2) is 37.5 Å². The zero-order chi connectivity index (χ0) is 17.6. The monoisotopic (exact) mass is 352 g/mol. The third-order valence-electron chi connectivity index (χ3n) is 4.27. The molecule has 1 saturated heterocycles. The summed E-state index contributed by atoms with van der Waals surface area (Å²) in [6, 6.07) is 5.93. The standard InChI is InChI=1S/C18H28N2O3S/c1-15-12-16(2)14-17(13-15)19-18(21)8-4-7-11-24(22,23)20-9-5-3-6-10-20/h12-14H,3-11H2,1-2H3,(H,19,21). The molecule has 0 bridgehead atoms. The molecule has 0 atom stereocenters. The molecule has 1 N–H and O–H groups in total. The van der Waals surface area contributed by atoms with Gasteiger partial charge in [-0.2, -0.15) is 0 Å². The second kappa shape index (κ2) is 8.62. The molecule has 0 aliphatic carbocycles. The first-order valence-electron chi connectivity index (χ1n) is 8.73. The van der Waals surface area contributed by atoms with Crippen molar-refractivity contribution in [3.8, 4) is 0 Å². The largest absolute Gasteiger partial charge is 0.326 e. The number of hydrogen-bond donors (Lipinski definition) is 1. The average molecular weight is 353 g/mol. The highest BCUT2D eigenvalue weighted by atomic mass is 32.2. The fourth-order valence-corrected chi connectivity index (χ4v) is 4.75. The van der Waals surface area contributed by atoms with E-state index < -0.39 is 10.0 Å². The van der Waals surface area contributed by atoms with Gasteiger partial charge in [0.1, 0.15) is 0 Å². The fraction of sp³-hybridized carbons (Fsp3) is 0.611. The lowest BCUT2D eigenvalue weighted by molar-refractivity contribution is -0.116. The second-order valence-corrected chi connectivity index (χ2v) is 8.75. The van der Waals surface area contributed by atoms with Gasteiger partial charge in [0.2, 0.25) is 15.9 Å². The van der Waals surface area contributed by atoms with E-state index in [1.807, 2.05) is 26.0 Å². The number of sulfonamides is 1. The number of amides is 1. The van der Waals surface area contributed by atoms with Crippen LogP contribution in [0.25, 0.3) is 0 Å². The van der Waals surface area contributed by atoms with Gasteiger partial charge in [0.15, 0.2) is 0 Å². The molecule has 2 rings (SSSR count).